The molecule has 2 amide bonds. The number of ether oxygens (including phenoxy) is 2. The highest BCUT2D eigenvalue weighted by atomic mass is 16.5. The summed E-state index contributed by atoms with van der Waals surface area (Å²) >= 11 is 0. The fourth-order valence-corrected chi connectivity index (χ4v) is 4.25. The average Bonchev–Trinajstić information content (AvgIpc) is 2.98. The summed E-state index contributed by atoms with van der Waals surface area (Å²) in [6.45, 7) is 9.32. The number of carbonyl (C=O) groups excluding carboxylic acids is 3. The van der Waals surface area contributed by atoms with Gasteiger partial charge >= 0.3 is 5.97 Å². The van der Waals surface area contributed by atoms with Crippen molar-refractivity contribution in [2.24, 2.45) is 11.8 Å². The molecule has 0 bridgehead atoms. The van der Waals surface area contributed by atoms with Crippen molar-refractivity contribution in [3.63, 3.8) is 0 Å². The van der Waals surface area contributed by atoms with Gasteiger partial charge in [0.1, 0.15) is 6.61 Å². The Morgan fingerprint density at radius 3 is 2.17 bits per heavy atom. The lowest BCUT2D eigenvalue weighted by molar-refractivity contribution is -0.150. The Morgan fingerprint density at radius 1 is 0.902 bits per heavy atom. The molecule has 2 aromatic carbocycles. The van der Waals surface area contributed by atoms with Crippen LogP contribution in [0, 0.1) is 11.8 Å². The van der Waals surface area contributed by atoms with Gasteiger partial charge in [-0.3, -0.25) is 14.4 Å². The van der Waals surface area contributed by atoms with Gasteiger partial charge in [-0.05, 0) is 43.7 Å². The third-order valence-electron chi connectivity index (χ3n) is 6.52. The third kappa shape index (κ3) is 13.4. The maximum absolute atomic E-state index is 13.2. The smallest absolute Gasteiger partial charge is 0.309 e. The molecule has 0 aromatic heterocycles. The number of aliphatic hydroxyl groups excluding tert-OH is 1. The van der Waals surface area contributed by atoms with E-state index >= 15 is 0 Å². The van der Waals surface area contributed by atoms with Crippen molar-refractivity contribution in [3.8, 4) is 0 Å². The average molecular weight is 565 g/mol. The van der Waals surface area contributed by atoms with Crippen molar-refractivity contribution >= 4 is 17.8 Å². The summed E-state index contributed by atoms with van der Waals surface area (Å²) < 4.78 is 11.6. The molecule has 0 fully saturated rings. The van der Waals surface area contributed by atoms with Crippen LogP contribution in [0.25, 0.3) is 0 Å². The summed E-state index contributed by atoms with van der Waals surface area (Å²) in [6.07, 6.45) is 5.39. The molecule has 0 saturated heterocycles. The van der Waals surface area contributed by atoms with Gasteiger partial charge in [0.2, 0.25) is 11.8 Å². The van der Waals surface area contributed by atoms with Crippen LogP contribution in [-0.4, -0.2) is 54.8 Å². The van der Waals surface area contributed by atoms with E-state index in [4.69, 9.17) is 9.47 Å². The zero-order chi connectivity index (χ0) is 29.9. The van der Waals surface area contributed by atoms with Gasteiger partial charge < -0.3 is 25.2 Å². The second-order valence-electron chi connectivity index (χ2n) is 10.2. The lowest BCUT2D eigenvalue weighted by atomic mass is 9.95. The lowest BCUT2D eigenvalue weighted by Gasteiger charge is -2.24. The largest absolute Gasteiger partial charge is 0.463 e. The minimum absolute atomic E-state index is 0.0692. The Morgan fingerprint density at radius 2 is 1.56 bits per heavy atom. The van der Waals surface area contributed by atoms with E-state index in [0.717, 1.165) is 11.1 Å². The van der Waals surface area contributed by atoms with Gasteiger partial charge in [0, 0.05) is 12.5 Å². The van der Waals surface area contributed by atoms with Crippen LogP contribution in [-0.2, 0) is 36.9 Å². The number of nitrogens with one attached hydrogen (secondary N) is 2. The second-order valence-corrected chi connectivity index (χ2v) is 10.2. The summed E-state index contributed by atoms with van der Waals surface area (Å²) in [7, 11) is 0. The molecule has 0 saturated carbocycles. The Labute approximate surface area is 243 Å². The quantitative estimate of drug-likeness (QED) is 0.165. The Balaban J connectivity index is 2.08. The zero-order valence-corrected chi connectivity index (χ0v) is 24.0. The molecule has 0 spiro atoms. The molecule has 0 aliphatic heterocycles. The van der Waals surface area contributed by atoms with E-state index in [1.54, 1.807) is 19.1 Å². The molecule has 8 heteroatoms. The lowest BCUT2D eigenvalue weighted by Crippen LogP contribution is -2.46. The van der Waals surface area contributed by atoms with Crippen LogP contribution in [0.4, 0.5) is 0 Å². The van der Waals surface area contributed by atoms with Crippen molar-refractivity contribution in [2.75, 3.05) is 19.8 Å². The number of aliphatic hydroxyl groups is 1. The van der Waals surface area contributed by atoms with Crippen LogP contribution < -0.4 is 10.6 Å². The van der Waals surface area contributed by atoms with Gasteiger partial charge in [0.05, 0.1) is 37.7 Å². The van der Waals surface area contributed by atoms with Gasteiger partial charge in [-0.2, -0.15) is 0 Å². The highest BCUT2D eigenvalue weighted by molar-refractivity contribution is 5.86. The van der Waals surface area contributed by atoms with E-state index in [1.165, 1.54) is 0 Å². The topological polar surface area (TPSA) is 114 Å². The molecule has 0 unspecified atom stereocenters. The molecule has 0 aliphatic carbocycles. The molecule has 4 atom stereocenters. The molecule has 0 aliphatic rings. The highest BCUT2D eigenvalue weighted by Crippen LogP contribution is 2.17. The van der Waals surface area contributed by atoms with E-state index in [9.17, 15) is 19.5 Å². The normalized spacial score (nSPS) is 13.7. The predicted octanol–water partition coefficient (Wildman–Crippen LogP) is 4.14. The number of hydrogen-bond donors (Lipinski definition) is 3. The van der Waals surface area contributed by atoms with Gasteiger partial charge in [-0.1, -0.05) is 72.8 Å². The molecule has 41 heavy (non-hydrogen) atoms. The molecule has 2 aromatic rings. The summed E-state index contributed by atoms with van der Waals surface area (Å²) in [5.74, 6) is -2.10. The molecule has 2 rings (SSSR count). The molecular formula is C33H44N2O6. The highest BCUT2D eigenvalue weighted by Gasteiger charge is 2.26. The zero-order valence-electron chi connectivity index (χ0n) is 24.0. The van der Waals surface area contributed by atoms with Crippen LogP contribution >= 0.6 is 0 Å². The van der Waals surface area contributed by atoms with Crippen molar-refractivity contribution in [2.45, 2.75) is 57.7 Å². The number of rotatable bonds is 20. The number of hydrogen-bond acceptors (Lipinski definition) is 6. The van der Waals surface area contributed by atoms with Crippen molar-refractivity contribution < 1.29 is 29.0 Å². The predicted molar refractivity (Wildman–Crippen MR) is 160 cm³/mol. The van der Waals surface area contributed by atoms with Crippen LogP contribution in [0.5, 0.6) is 0 Å². The molecular weight excluding hydrogens is 520 g/mol. The molecule has 0 radical (unpaired) electrons. The van der Waals surface area contributed by atoms with Gasteiger partial charge in [0.25, 0.3) is 0 Å². The van der Waals surface area contributed by atoms with E-state index < -0.39 is 18.0 Å². The van der Waals surface area contributed by atoms with E-state index in [1.807, 2.05) is 60.7 Å². The number of benzene rings is 2. The first kappa shape index (κ1) is 33.5. The summed E-state index contributed by atoms with van der Waals surface area (Å²) in [6, 6.07) is 18.3. The van der Waals surface area contributed by atoms with Crippen molar-refractivity contribution in [1.29, 1.82) is 0 Å². The minimum Gasteiger partial charge on any atom is -0.463 e. The monoisotopic (exact) mass is 564 g/mol. The van der Waals surface area contributed by atoms with E-state index in [0.29, 0.717) is 25.9 Å². The van der Waals surface area contributed by atoms with Gasteiger partial charge in [-0.25, -0.2) is 0 Å². The fourth-order valence-electron chi connectivity index (χ4n) is 4.25. The number of carbonyl (C=O) groups is 3. The standard InChI is InChI=1S/C33H44N2O6/c1-4-6-18-29(19-26-14-9-7-10-15-26)33(39)41-24-30(23-40-22-27-16-11-8-12-17-27)35-32(38)28(13-5-2)20-31(37)34-25(3)21-36/h4-5,7-12,14-17,25,28-30,36H,1-2,6,13,18-24H2,3H3,(H,34,37)(H,35,38)/t25-,28+,29+,30-/m0/s1. The number of allylic oxidation sites excluding steroid dienone is 2. The summed E-state index contributed by atoms with van der Waals surface area (Å²) in [5.41, 5.74) is 2.01. The van der Waals surface area contributed by atoms with Crippen molar-refractivity contribution in [3.05, 3.63) is 97.1 Å². The molecule has 0 heterocycles. The van der Waals surface area contributed by atoms with Crippen LogP contribution in [0.15, 0.2) is 86.0 Å². The van der Waals surface area contributed by atoms with Crippen LogP contribution in [0.1, 0.15) is 43.7 Å². The maximum atomic E-state index is 13.2. The first-order chi connectivity index (χ1) is 19.9. The van der Waals surface area contributed by atoms with E-state index in [-0.39, 0.29) is 56.4 Å². The SMILES string of the molecule is C=CCC[C@H](Cc1ccccc1)C(=O)OC[C@H](COCc1ccccc1)NC(=O)[C@H](CC=C)CC(=O)N[C@@H](C)CO. The first-order valence-corrected chi connectivity index (χ1v) is 14.1. The Kier molecular flexibility index (Phi) is 15.8. The van der Waals surface area contributed by atoms with Crippen molar-refractivity contribution in [1.82, 2.24) is 10.6 Å². The van der Waals surface area contributed by atoms with Gasteiger partial charge in [-0.15, -0.1) is 13.2 Å². The van der Waals surface area contributed by atoms with E-state index in [2.05, 4.69) is 23.8 Å². The minimum atomic E-state index is -0.677. The van der Waals surface area contributed by atoms with Crippen LogP contribution in [0.2, 0.25) is 0 Å². The molecule has 222 valence electrons. The maximum Gasteiger partial charge on any atom is 0.309 e. The number of esters is 1. The molecule has 3 N–H and O–H groups in total. The Bertz CT molecular complexity index is 1080. The van der Waals surface area contributed by atoms with Gasteiger partial charge in [0.15, 0.2) is 0 Å². The Hall–Kier alpha value is -3.75. The summed E-state index contributed by atoms with van der Waals surface area (Å²) in [4.78, 5) is 38.8. The second kappa shape index (κ2) is 19.3. The fraction of sp³-hybridized carbons (Fsp3) is 0.424. The number of amides is 2. The third-order valence-corrected chi connectivity index (χ3v) is 6.52. The molecule has 8 nitrogen and oxygen atoms in total. The first-order valence-electron chi connectivity index (χ1n) is 14.1. The van der Waals surface area contributed by atoms with Crippen LogP contribution in [0.3, 0.4) is 0 Å². The summed E-state index contributed by atoms with van der Waals surface area (Å²) in [5, 5.41) is 14.8.